The molecular formula is C10H13FN2O2S. The summed E-state index contributed by atoms with van der Waals surface area (Å²) in [6.07, 6.45) is 0.495. The van der Waals surface area contributed by atoms with Gasteiger partial charge in [0, 0.05) is 13.1 Å². The maximum Gasteiger partial charge on any atom is 0.239 e. The lowest BCUT2D eigenvalue weighted by Crippen LogP contribution is -2.33. The number of hydrogen-bond donors (Lipinski definition) is 1. The molecule has 1 heterocycles. The molecule has 6 heteroatoms. The first-order chi connectivity index (χ1) is 7.55. The van der Waals surface area contributed by atoms with Crippen LogP contribution in [0.25, 0.3) is 0 Å². The average Bonchev–Trinajstić information content (AvgIpc) is 2.53. The highest BCUT2D eigenvalue weighted by Crippen LogP contribution is 2.28. The zero-order valence-corrected chi connectivity index (χ0v) is 9.45. The second kappa shape index (κ2) is 4.03. The van der Waals surface area contributed by atoms with Crippen LogP contribution in [-0.4, -0.2) is 26.8 Å². The van der Waals surface area contributed by atoms with Crippen LogP contribution < -0.4 is 10.0 Å². The molecule has 1 atom stereocenters. The molecule has 0 radical (unpaired) electrons. The van der Waals surface area contributed by atoms with Gasteiger partial charge in [-0.3, -0.25) is 4.31 Å². The van der Waals surface area contributed by atoms with Crippen molar-refractivity contribution in [2.24, 2.45) is 5.73 Å². The third-order valence-corrected chi connectivity index (χ3v) is 5.02. The van der Waals surface area contributed by atoms with Crippen molar-refractivity contribution < 1.29 is 12.8 Å². The van der Waals surface area contributed by atoms with Crippen molar-refractivity contribution in [2.45, 2.75) is 11.7 Å². The Morgan fingerprint density at radius 3 is 2.81 bits per heavy atom. The van der Waals surface area contributed by atoms with E-state index in [2.05, 4.69) is 0 Å². The summed E-state index contributed by atoms with van der Waals surface area (Å²) >= 11 is 0. The minimum absolute atomic E-state index is 0.105. The molecule has 1 aliphatic heterocycles. The number of hydrogen-bond acceptors (Lipinski definition) is 3. The molecule has 16 heavy (non-hydrogen) atoms. The van der Waals surface area contributed by atoms with Gasteiger partial charge in [0.2, 0.25) is 10.0 Å². The summed E-state index contributed by atoms with van der Waals surface area (Å²) in [7, 11) is -3.41. The standard InChI is InChI=1S/C10H13FN2O2S/c11-8-2-1-3-9(6-8)13-5-4-10(7-12)16(13,14)15/h1-3,6,10H,4-5,7,12H2/t10-/m1/s1. The van der Waals surface area contributed by atoms with Crippen molar-refractivity contribution in [3.63, 3.8) is 0 Å². The number of rotatable bonds is 2. The number of nitrogens with zero attached hydrogens (tertiary/aromatic N) is 1. The summed E-state index contributed by atoms with van der Waals surface area (Å²) in [5, 5.41) is -0.546. The molecule has 4 nitrogen and oxygen atoms in total. The first-order valence-electron chi connectivity index (χ1n) is 5.03. The predicted molar refractivity (Wildman–Crippen MR) is 60.1 cm³/mol. The van der Waals surface area contributed by atoms with Crippen LogP contribution in [0, 0.1) is 5.82 Å². The minimum atomic E-state index is -3.41. The third kappa shape index (κ3) is 1.78. The molecule has 0 unspecified atom stereocenters. The van der Waals surface area contributed by atoms with Crippen LogP contribution >= 0.6 is 0 Å². The van der Waals surface area contributed by atoms with E-state index in [1.54, 1.807) is 6.07 Å². The van der Waals surface area contributed by atoms with Crippen LogP contribution in [0.2, 0.25) is 0 Å². The Hall–Kier alpha value is -1.14. The van der Waals surface area contributed by atoms with Crippen LogP contribution in [0.4, 0.5) is 10.1 Å². The van der Waals surface area contributed by atoms with E-state index in [4.69, 9.17) is 5.73 Å². The zero-order valence-electron chi connectivity index (χ0n) is 8.64. The van der Waals surface area contributed by atoms with Gasteiger partial charge >= 0.3 is 0 Å². The monoisotopic (exact) mass is 244 g/mol. The van der Waals surface area contributed by atoms with Gasteiger partial charge in [0.25, 0.3) is 0 Å². The normalized spacial score (nSPS) is 23.6. The Morgan fingerprint density at radius 1 is 1.50 bits per heavy atom. The maximum atomic E-state index is 13.0. The average molecular weight is 244 g/mol. The second-order valence-electron chi connectivity index (χ2n) is 3.74. The van der Waals surface area contributed by atoms with E-state index in [-0.39, 0.29) is 6.54 Å². The number of sulfonamides is 1. The van der Waals surface area contributed by atoms with Gasteiger partial charge in [0.1, 0.15) is 5.82 Å². The Morgan fingerprint density at radius 2 is 2.25 bits per heavy atom. The molecule has 2 N–H and O–H groups in total. The molecule has 0 aliphatic carbocycles. The van der Waals surface area contributed by atoms with Crippen molar-refractivity contribution in [1.29, 1.82) is 0 Å². The van der Waals surface area contributed by atoms with E-state index in [0.29, 0.717) is 18.7 Å². The van der Waals surface area contributed by atoms with Gasteiger partial charge in [-0.2, -0.15) is 0 Å². The first-order valence-corrected chi connectivity index (χ1v) is 6.53. The molecule has 0 bridgehead atoms. The Labute approximate surface area is 93.9 Å². The molecule has 1 saturated heterocycles. The van der Waals surface area contributed by atoms with Gasteiger partial charge < -0.3 is 5.73 Å². The van der Waals surface area contributed by atoms with E-state index in [1.165, 1.54) is 22.5 Å². The largest absolute Gasteiger partial charge is 0.329 e. The lowest BCUT2D eigenvalue weighted by molar-refractivity contribution is 0.588. The van der Waals surface area contributed by atoms with Crippen LogP contribution in [-0.2, 0) is 10.0 Å². The Balaban J connectivity index is 2.37. The topological polar surface area (TPSA) is 63.4 Å². The number of anilines is 1. The highest BCUT2D eigenvalue weighted by Gasteiger charge is 2.37. The molecule has 88 valence electrons. The molecule has 0 amide bonds. The number of nitrogens with two attached hydrogens (primary N) is 1. The molecule has 1 aromatic carbocycles. The van der Waals surface area contributed by atoms with Crippen molar-refractivity contribution in [2.75, 3.05) is 17.4 Å². The summed E-state index contributed by atoms with van der Waals surface area (Å²) in [6.45, 7) is 0.474. The molecule has 2 rings (SSSR count). The Kier molecular flexibility index (Phi) is 2.86. The van der Waals surface area contributed by atoms with Gasteiger partial charge in [-0.05, 0) is 24.6 Å². The van der Waals surface area contributed by atoms with Crippen LogP contribution in [0.1, 0.15) is 6.42 Å². The number of halogens is 1. The van der Waals surface area contributed by atoms with Gasteiger partial charge in [-0.25, -0.2) is 12.8 Å². The fraction of sp³-hybridized carbons (Fsp3) is 0.400. The molecule has 1 aliphatic rings. The van der Waals surface area contributed by atoms with E-state index >= 15 is 0 Å². The van der Waals surface area contributed by atoms with E-state index in [0.717, 1.165) is 0 Å². The zero-order chi connectivity index (χ0) is 11.8. The van der Waals surface area contributed by atoms with Crippen LogP contribution in [0.3, 0.4) is 0 Å². The van der Waals surface area contributed by atoms with Crippen molar-refractivity contribution >= 4 is 15.7 Å². The van der Waals surface area contributed by atoms with Gasteiger partial charge in [-0.15, -0.1) is 0 Å². The third-order valence-electron chi connectivity index (χ3n) is 2.74. The smallest absolute Gasteiger partial charge is 0.239 e. The van der Waals surface area contributed by atoms with E-state index in [1.807, 2.05) is 0 Å². The molecular weight excluding hydrogens is 231 g/mol. The highest BCUT2D eigenvalue weighted by atomic mass is 32.2. The van der Waals surface area contributed by atoms with Gasteiger partial charge in [0.15, 0.2) is 0 Å². The van der Waals surface area contributed by atoms with Gasteiger partial charge in [-0.1, -0.05) is 6.07 Å². The fourth-order valence-corrected chi connectivity index (χ4v) is 3.64. The first kappa shape index (κ1) is 11.3. The Bertz CT molecular complexity index is 489. The second-order valence-corrected chi connectivity index (χ2v) is 5.88. The van der Waals surface area contributed by atoms with Crippen molar-refractivity contribution in [3.05, 3.63) is 30.1 Å². The van der Waals surface area contributed by atoms with E-state index < -0.39 is 21.1 Å². The van der Waals surface area contributed by atoms with Crippen molar-refractivity contribution in [1.82, 2.24) is 0 Å². The SMILES string of the molecule is NC[C@H]1CCN(c2cccc(F)c2)S1(=O)=O. The molecule has 1 fully saturated rings. The van der Waals surface area contributed by atoms with Crippen LogP contribution in [0.15, 0.2) is 24.3 Å². The lowest BCUT2D eigenvalue weighted by atomic mass is 10.3. The fourth-order valence-electron chi connectivity index (χ4n) is 1.86. The summed E-state index contributed by atoms with van der Waals surface area (Å²) in [6, 6.07) is 5.58. The summed E-state index contributed by atoms with van der Waals surface area (Å²) < 4.78 is 38.2. The summed E-state index contributed by atoms with van der Waals surface area (Å²) in [4.78, 5) is 0. The predicted octanol–water partition coefficient (Wildman–Crippen LogP) is 0.693. The molecule has 0 aromatic heterocycles. The lowest BCUT2D eigenvalue weighted by Gasteiger charge is -2.18. The summed E-state index contributed by atoms with van der Waals surface area (Å²) in [5.74, 6) is -0.441. The van der Waals surface area contributed by atoms with Crippen molar-refractivity contribution in [3.8, 4) is 0 Å². The number of benzene rings is 1. The highest BCUT2D eigenvalue weighted by molar-refractivity contribution is 7.93. The quantitative estimate of drug-likeness (QED) is 0.832. The molecule has 0 saturated carbocycles. The minimum Gasteiger partial charge on any atom is -0.329 e. The summed E-state index contributed by atoms with van der Waals surface area (Å²) in [5.41, 5.74) is 5.77. The maximum absolute atomic E-state index is 13.0. The van der Waals surface area contributed by atoms with Crippen LogP contribution in [0.5, 0.6) is 0 Å². The molecule has 0 spiro atoms. The van der Waals surface area contributed by atoms with Gasteiger partial charge in [0.05, 0.1) is 10.9 Å². The van der Waals surface area contributed by atoms with E-state index in [9.17, 15) is 12.8 Å². The molecule has 1 aromatic rings.